The zero-order valence-electron chi connectivity index (χ0n) is 14.8. The van der Waals surface area contributed by atoms with Crippen LogP contribution in [0.3, 0.4) is 0 Å². The summed E-state index contributed by atoms with van der Waals surface area (Å²) in [5.74, 6) is 0.642. The smallest absolute Gasteiger partial charge is 0.323 e. The van der Waals surface area contributed by atoms with E-state index in [2.05, 4.69) is 30.5 Å². The molecule has 2 aliphatic heterocycles. The van der Waals surface area contributed by atoms with Crippen LogP contribution in [0.5, 0.6) is 0 Å². The van der Waals surface area contributed by atoms with Crippen molar-refractivity contribution in [3.63, 3.8) is 0 Å². The average molecular weight is 387 g/mol. The van der Waals surface area contributed by atoms with Gasteiger partial charge in [0.05, 0.1) is 12.1 Å². The Kier molecular flexibility index (Phi) is 5.14. The molecule has 0 bridgehead atoms. The van der Waals surface area contributed by atoms with Crippen molar-refractivity contribution in [3.05, 3.63) is 29.5 Å². The number of amides is 3. The number of rotatable bonds is 5. The molecule has 0 aliphatic carbocycles. The van der Waals surface area contributed by atoms with Gasteiger partial charge in [-0.1, -0.05) is 0 Å². The fourth-order valence-electron chi connectivity index (χ4n) is 3.33. The van der Waals surface area contributed by atoms with E-state index in [1.54, 1.807) is 23.4 Å². The van der Waals surface area contributed by atoms with Crippen LogP contribution in [0.2, 0.25) is 0 Å². The van der Waals surface area contributed by atoms with Crippen molar-refractivity contribution in [2.75, 3.05) is 36.0 Å². The minimum absolute atomic E-state index is 0.0569. The van der Waals surface area contributed by atoms with Crippen molar-refractivity contribution in [3.8, 4) is 0 Å². The summed E-state index contributed by atoms with van der Waals surface area (Å²) in [6.45, 7) is 2.82. The van der Waals surface area contributed by atoms with Crippen molar-refractivity contribution in [2.45, 2.75) is 25.3 Å². The molecule has 10 heteroatoms. The maximum Gasteiger partial charge on any atom is 0.323 e. The standard InChI is InChI=1S/C17H21N7O2S/c25-14(9-13-11-27-17(22-13)24-8-6-20-16(24)26)21-12-3-1-7-23(10-12)15-18-4-2-5-19-15/h2,4-5,11-12H,1,3,6-10H2,(H,20,26)(H,21,25). The second-order valence-corrected chi connectivity index (χ2v) is 7.42. The van der Waals surface area contributed by atoms with Gasteiger partial charge in [0.1, 0.15) is 0 Å². The first kappa shape index (κ1) is 17.7. The normalized spacial score (nSPS) is 19.9. The molecule has 2 saturated heterocycles. The van der Waals surface area contributed by atoms with Crippen LogP contribution >= 0.6 is 11.3 Å². The quantitative estimate of drug-likeness (QED) is 0.786. The molecule has 27 heavy (non-hydrogen) atoms. The summed E-state index contributed by atoms with van der Waals surface area (Å²) in [5.41, 5.74) is 0.686. The maximum absolute atomic E-state index is 12.4. The summed E-state index contributed by atoms with van der Waals surface area (Å²) >= 11 is 1.39. The molecule has 4 rings (SSSR count). The monoisotopic (exact) mass is 387 g/mol. The van der Waals surface area contributed by atoms with E-state index in [9.17, 15) is 9.59 Å². The van der Waals surface area contributed by atoms with Gasteiger partial charge in [0.15, 0.2) is 5.13 Å². The molecule has 1 unspecified atom stereocenters. The third kappa shape index (κ3) is 4.16. The van der Waals surface area contributed by atoms with E-state index < -0.39 is 0 Å². The van der Waals surface area contributed by atoms with E-state index >= 15 is 0 Å². The molecule has 0 aromatic carbocycles. The number of hydrogen-bond acceptors (Lipinski definition) is 7. The Morgan fingerprint density at radius 2 is 2.19 bits per heavy atom. The first-order valence-corrected chi connectivity index (χ1v) is 9.88. The van der Waals surface area contributed by atoms with Crippen molar-refractivity contribution in [1.82, 2.24) is 25.6 Å². The van der Waals surface area contributed by atoms with E-state index in [0.29, 0.717) is 36.4 Å². The predicted octanol–water partition coefficient (Wildman–Crippen LogP) is 0.790. The lowest BCUT2D eigenvalue weighted by Gasteiger charge is -2.33. The van der Waals surface area contributed by atoms with Gasteiger partial charge in [-0.05, 0) is 18.9 Å². The number of carbonyl (C=O) groups is 2. The lowest BCUT2D eigenvalue weighted by Crippen LogP contribution is -2.48. The van der Waals surface area contributed by atoms with Crippen molar-refractivity contribution >= 4 is 34.4 Å². The number of thiazole rings is 1. The van der Waals surface area contributed by atoms with Gasteiger partial charge in [-0.25, -0.2) is 19.7 Å². The molecule has 142 valence electrons. The van der Waals surface area contributed by atoms with Crippen LogP contribution in [0.4, 0.5) is 15.9 Å². The van der Waals surface area contributed by atoms with E-state index in [1.165, 1.54) is 11.3 Å². The Balaban J connectivity index is 1.31. The Morgan fingerprint density at radius 1 is 1.33 bits per heavy atom. The molecule has 0 saturated carbocycles. The maximum atomic E-state index is 12.4. The summed E-state index contributed by atoms with van der Waals surface area (Å²) < 4.78 is 0. The van der Waals surface area contributed by atoms with Crippen LogP contribution in [0, 0.1) is 0 Å². The molecule has 0 radical (unpaired) electrons. The summed E-state index contributed by atoms with van der Waals surface area (Å²) in [4.78, 5) is 40.8. The molecule has 3 amide bonds. The van der Waals surface area contributed by atoms with E-state index in [1.807, 2.05) is 5.38 Å². The second kappa shape index (κ2) is 7.87. The van der Waals surface area contributed by atoms with Crippen LogP contribution in [-0.2, 0) is 11.2 Å². The molecular weight excluding hydrogens is 366 g/mol. The van der Waals surface area contributed by atoms with Gasteiger partial charge in [-0.15, -0.1) is 11.3 Å². The molecule has 0 spiro atoms. The summed E-state index contributed by atoms with van der Waals surface area (Å²) in [5, 5.41) is 8.32. The molecule has 2 aromatic rings. The third-order valence-corrected chi connectivity index (χ3v) is 5.50. The Labute approximate surface area is 160 Å². The largest absolute Gasteiger partial charge is 0.351 e. The van der Waals surface area contributed by atoms with Crippen LogP contribution < -0.4 is 20.4 Å². The summed E-state index contributed by atoms with van der Waals surface area (Å²) in [6.07, 6.45) is 5.58. The van der Waals surface area contributed by atoms with E-state index in [-0.39, 0.29) is 24.4 Å². The second-order valence-electron chi connectivity index (χ2n) is 6.58. The van der Waals surface area contributed by atoms with Gasteiger partial charge >= 0.3 is 6.03 Å². The van der Waals surface area contributed by atoms with Crippen LogP contribution in [0.25, 0.3) is 0 Å². The third-order valence-electron chi connectivity index (χ3n) is 4.59. The highest BCUT2D eigenvalue weighted by atomic mass is 32.1. The summed E-state index contributed by atoms with van der Waals surface area (Å²) in [6, 6.07) is 1.73. The van der Waals surface area contributed by atoms with Crippen molar-refractivity contribution in [1.29, 1.82) is 0 Å². The zero-order chi connectivity index (χ0) is 18.6. The highest BCUT2D eigenvalue weighted by molar-refractivity contribution is 7.14. The lowest BCUT2D eigenvalue weighted by molar-refractivity contribution is -0.121. The minimum Gasteiger partial charge on any atom is -0.351 e. The number of carbonyl (C=O) groups excluding carboxylic acids is 2. The van der Waals surface area contributed by atoms with Gasteiger partial charge in [-0.2, -0.15) is 0 Å². The average Bonchev–Trinajstić information content (AvgIpc) is 3.31. The summed E-state index contributed by atoms with van der Waals surface area (Å²) in [7, 11) is 0. The van der Waals surface area contributed by atoms with Gasteiger partial charge in [0, 0.05) is 50.0 Å². The molecule has 1 atom stereocenters. The number of piperidine rings is 1. The Morgan fingerprint density at radius 3 is 2.96 bits per heavy atom. The van der Waals surface area contributed by atoms with Gasteiger partial charge in [-0.3, -0.25) is 9.69 Å². The first-order valence-electron chi connectivity index (χ1n) is 9.00. The molecule has 4 heterocycles. The first-order chi connectivity index (χ1) is 13.2. The topological polar surface area (TPSA) is 103 Å². The van der Waals surface area contributed by atoms with Crippen molar-refractivity contribution < 1.29 is 9.59 Å². The van der Waals surface area contributed by atoms with E-state index in [0.717, 1.165) is 19.4 Å². The minimum atomic E-state index is -0.134. The molecular formula is C17H21N7O2S. The number of aromatic nitrogens is 3. The van der Waals surface area contributed by atoms with E-state index in [4.69, 9.17) is 0 Å². The van der Waals surface area contributed by atoms with Gasteiger partial charge in [0.2, 0.25) is 11.9 Å². The number of urea groups is 1. The molecule has 2 aliphatic rings. The molecule has 2 fully saturated rings. The Hall–Kier alpha value is -2.75. The van der Waals surface area contributed by atoms with Gasteiger partial charge < -0.3 is 15.5 Å². The van der Waals surface area contributed by atoms with Crippen LogP contribution in [0.1, 0.15) is 18.5 Å². The molecule has 2 N–H and O–H groups in total. The molecule has 9 nitrogen and oxygen atoms in total. The number of anilines is 2. The fraction of sp³-hybridized carbons (Fsp3) is 0.471. The zero-order valence-corrected chi connectivity index (χ0v) is 15.6. The van der Waals surface area contributed by atoms with Crippen molar-refractivity contribution in [2.24, 2.45) is 0 Å². The Bertz CT molecular complexity index is 813. The number of hydrogen-bond donors (Lipinski definition) is 2. The van der Waals surface area contributed by atoms with Crippen LogP contribution in [-0.4, -0.2) is 59.1 Å². The predicted molar refractivity (Wildman–Crippen MR) is 102 cm³/mol. The number of nitrogens with one attached hydrogen (secondary N) is 2. The number of nitrogens with zero attached hydrogens (tertiary/aromatic N) is 5. The highest BCUT2D eigenvalue weighted by Crippen LogP contribution is 2.22. The SMILES string of the molecule is O=C(Cc1csc(N2CCNC2=O)n1)NC1CCCN(c2ncccn2)C1. The lowest BCUT2D eigenvalue weighted by atomic mass is 10.1. The molecule has 2 aromatic heterocycles. The highest BCUT2D eigenvalue weighted by Gasteiger charge is 2.25. The van der Waals surface area contributed by atoms with Gasteiger partial charge in [0.25, 0.3) is 0 Å². The fourth-order valence-corrected chi connectivity index (χ4v) is 4.18. The van der Waals surface area contributed by atoms with Crippen LogP contribution in [0.15, 0.2) is 23.8 Å².